The molecule has 0 saturated carbocycles. The van der Waals surface area contributed by atoms with Crippen molar-refractivity contribution in [1.29, 1.82) is 0 Å². The summed E-state index contributed by atoms with van der Waals surface area (Å²) in [6.07, 6.45) is -0.338. The van der Waals surface area contributed by atoms with E-state index in [1.807, 2.05) is 6.92 Å². The molecule has 0 bridgehead atoms. The molecule has 2 aromatic carbocycles. The Kier molecular flexibility index (Phi) is 7.17. The summed E-state index contributed by atoms with van der Waals surface area (Å²) in [7, 11) is -0.673. The second-order valence-electron chi connectivity index (χ2n) is 6.04. The molecule has 0 radical (unpaired) electrons. The van der Waals surface area contributed by atoms with Gasteiger partial charge in [-0.3, -0.25) is 9.59 Å². The molecule has 7 nitrogen and oxygen atoms in total. The first-order valence-corrected chi connectivity index (χ1v) is 10.1. The molecule has 0 spiro atoms. The molecular weight excluding hydrogens is 384 g/mol. The molecule has 2 rings (SSSR count). The Hall–Kier alpha value is -2.87. The molecule has 0 aromatic heterocycles. The van der Waals surface area contributed by atoms with Crippen molar-refractivity contribution in [2.75, 3.05) is 26.6 Å². The van der Waals surface area contributed by atoms with Crippen LogP contribution in [0.4, 0.5) is 0 Å². The first-order valence-electron chi connectivity index (χ1n) is 8.47. The minimum Gasteiger partial charge on any atom is -0.493 e. The molecule has 150 valence electrons. The van der Waals surface area contributed by atoms with Crippen LogP contribution in [0.15, 0.2) is 47.4 Å². The number of hydrogen-bond acceptors (Lipinski definition) is 7. The maximum atomic E-state index is 12.2. The van der Waals surface area contributed by atoms with Crippen LogP contribution in [0.1, 0.15) is 22.3 Å². The van der Waals surface area contributed by atoms with E-state index in [9.17, 15) is 18.0 Å². The molecule has 0 heterocycles. The third-order valence-corrected chi connectivity index (χ3v) is 5.76. The summed E-state index contributed by atoms with van der Waals surface area (Å²) in [6, 6.07) is 10.9. The Morgan fingerprint density at radius 3 is 2.18 bits per heavy atom. The quantitative estimate of drug-likeness (QED) is 0.466. The Balaban J connectivity index is 1.90. The normalized spacial score (nSPS) is 11.0. The van der Waals surface area contributed by atoms with Gasteiger partial charge in [0, 0.05) is 5.56 Å². The summed E-state index contributed by atoms with van der Waals surface area (Å²) in [5.74, 6) is -0.735. The lowest BCUT2D eigenvalue weighted by Gasteiger charge is -2.09. The predicted octanol–water partition coefficient (Wildman–Crippen LogP) is 2.60. The first kappa shape index (κ1) is 21.4. The molecule has 0 N–H and O–H groups in total. The molecule has 8 heteroatoms. The lowest BCUT2D eigenvalue weighted by atomic mass is 10.1. The van der Waals surface area contributed by atoms with Gasteiger partial charge in [0.25, 0.3) is 0 Å². The number of aryl methyl sites for hydroxylation is 1. The molecule has 0 aliphatic heterocycles. The van der Waals surface area contributed by atoms with Crippen molar-refractivity contribution >= 4 is 21.6 Å². The summed E-state index contributed by atoms with van der Waals surface area (Å²) in [5, 5.41) is 0. The predicted molar refractivity (Wildman–Crippen MR) is 103 cm³/mol. The molecule has 0 aliphatic rings. The summed E-state index contributed by atoms with van der Waals surface area (Å²) >= 11 is 0. The second kappa shape index (κ2) is 9.36. The van der Waals surface area contributed by atoms with Crippen LogP contribution in [-0.4, -0.2) is 46.7 Å². The number of carbonyl (C=O) groups is 2. The number of benzene rings is 2. The molecule has 0 amide bonds. The number of sulfone groups is 1. The highest BCUT2D eigenvalue weighted by molar-refractivity contribution is 7.91. The van der Waals surface area contributed by atoms with E-state index >= 15 is 0 Å². The lowest BCUT2D eigenvalue weighted by Crippen LogP contribution is -2.17. The number of carbonyl (C=O) groups excluding carboxylic acids is 2. The van der Waals surface area contributed by atoms with E-state index in [4.69, 9.17) is 14.2 Å². The maximum Gasteiger partial charge on any atom is 0.307 e. The summed E-state index contributed by atoms with van der Waals surface area (Å²) in [5.41, 5.74) is 1.23. The number of hydrogen-bond donors (Lipinski definition) is 0. The average molecular weight is 406 g/mol. The fourth-order valence-corrected chi connectivity index (χ4v) is 3.61. The minimum atomic E-state index is -3.60. The van der Waals surface area contributed by atoms with Crippen molar-refractivity contribution in [2.24, 2.45) is 0 Å². The molecule has 0 unspecified atom stereocenters. The Morgan fingerprint density at radius 2 is 1.57 bits per heavy atom. The Bertz CT molecular complexity index is 947. The SMILES string of the molecule is COc1ccc(C(=O)COC(=O)CCS(=O)(=O)c2ccc(C)cc2)cc1OC. The molecule has 0 atom stereocenters. The van der Waals surface area contributed by atoms with Crippen molar-refractivity contribution in [3.05, 3.63) is 53.6 Å². The van der Waals surface area contributed by atoms with E-state index in [1.54, 1.807) is 18.2 Å². The van der Waals surface area contributed by atoms with Crippen LogP contribution >= 0.6 is 0 Å². The fourth-order valence-electron chi connectivity index (χ4n) is 2.39. The largest absolute Gasteiger partial charge is 0.493 e. The zero-order chi connectivity index (χ0) is 20.7. The molecule has 0 aliphatic carbocycles. The van der Waals surface area contributed by atoms with Crippen LogP contribution in [0.2, 0.25) is 0 Å². The van der Waals surface area contributed by atoms with Crippen LogP contribution in [0.25, 0.3) is 0 Å². The van der Waals surface area contributed by atoms with Crippen molar-refractivity contribution < 1.29 is 32.2 Å². The van der Waals surface area contributed by atoms with Crippen molar-refractivity contribution in [2.45, 2.75) is 18.2 Å². The van der Waals surface area contributed by atoms with Crippen molar-refractivity contribution in [1.82, 2.24) is 0 Å². The van der Waals surface area contributed by atoms with Gasteiger partial charge in [0.05, 0.1) is 31.3 Å². The van der Waals surface area contributed by atoms with Gasteiger partial charge in [-0.1, -0.05) is 17.7 Å². The van der Waals surface area contributed by atoms with Crippen LogP contribution in [-0.2, 0) is 19.4 Å². The fraction of sp³-hybridized carbons (Fsp3) is 0.300. The van der Waals surface area contributed by atoms with Gasteiger partial charge in [0.15, 0.2) is 33.7 Å². The Labute approximate surface area is 164 Å². The highest BCUT2D eigenvalue weighted by Crippen LogP contribution is 2.27. The van der Waals surface area contributed by atoms with Gasteiger partial charge in [0.1, 0.15) is 0 Å². The topological polar surface area (TPSA) is 96.0 Å². The summed E-state index contributed by atoms with van der Waals surface area (Å²) < 4.78 is 39.6. The number of Topliss-reactive ketones (excluding diaryl/α,β-unsaturated/α-hetero) is 1. The second-order valence-corrected chi connectivity index (χ2v) is 8.14. The monoisotopic (exact) mass is 406 g/mol. The average Bonchev–Trinajstić information content (AvgIpc) is 2.70. The highest BCUT2D eigenvalue weighted by atomic mass is 32.2. The van der Waals surface area contributed by atoms with Crippen LogP contribution in [0.3, 0.4) is 0 Å². The minimum absolute atomic E-state index is 0.146. The van der Waals surface area contributed by atoms with E-state index in [0.717, 1.165) is 5.56 Å². The molecule has 0 saturated heterocycles. The number of rotatable bonds is 9. The maximum absolute atomic E-state index is 12.2. The zero-order valence-corrected chi connectivity index (χ0v) is 16.7. The standard InChI is InChI=1S/C20H22O7S/c1-14-4-7-16(8-5-14)28(23,24)11-10-20(22)27-13-17(21)15-6-9-18(25-2)19(12-15)26-3/h4-9,12H,10-11,13H2,1-3H3. The first-order chi connectivity index (χ1) is 13.3. The summed E-state index contributed by atoms with van der Waals surface area (Å²) in [6.45, 7) is 1.36. The van der Waals surface area contributed by atoms with Crippen LogP contribution in [0.5, 0.6) is 11.5 Å². The van der Waals surface area contributed by atoms with Gasteiger partial charge in [0.2, 0.25) is 0 Å². The zero-order valence-electron chi connectivity index (χ0n) is 15.9. The number of esters is 1. The van der Waals surface area contributed by atoms with E-state index in [-0.39, 0.29) is 22.6 Å². The van der Waals surface area contributed by atoms with E-state index in [0.29, 0.717) is 11.5 Å². The lowest BCUT2D eigenvalue weighted by molar-refractivity contribution is -0.142. The molecule has 0 fully saturated rings. The summed E-state index contributed by atoms with van der Waals surface area (Å²) in [4.78, 5) is 24.2. The number of ketones is 1. The molecule has 28 heavy (non-hydrogen) atoms. The smallest absolute Gasteiger partial charge is 0.307 e. The Morgan fingerprint density at radius 1 is 0.929 bits per heavy atom. The van der Waals surface area contributed by atoms with Gasteiger partial charge in [-0.25, -0.2) is 8.42 Å². The van der Waals surface area contributed by atoms with Gasteiger partial charge in [-0.05, 0) is 37.3 Å². The molecular formula is C20H22O7S. The van der Waals surface area contributed by atoms with E-state index in [1.165, 1.54) is 38.5 Å². The van der Waals surface area contributed by atoms with Gasteiger partial charge in [-0.2, -0.15) is 0 Å². The van der Waals surface area contributed by atoms with Crippen molar-refractivity contribution in [3.63, 3.8) is 0 Å². The third-order valence-electron chi connectivity index (χ3n) is 4.02. The van der Waals surface area contributed by atoms with Crippen LogP contribution < -0.4 is 9.47 Å². The third kappa shape index (κ3) is 5.56. The highest BCUT2D eigenvalue weighted by Gasteiger charge is 2.18. The van der Waals surface area contributed by atoms with E-state index < -0.39 is 28.2 Å². The molecule has 2 aromatic rings. The van der Waals surface area contributed by atoms with E-state index in [2.05, 4.69) is 0 Å². The number of methoxy groups -OCH3 is 2. The van der Waals surface area contributed by atoms with Gasteiger partial charge < -0.3 is 14.2 Å². The van der Waals surface area contributed by atoms with Gasteiger partial charge in [-0.15, -0.1) is 0 Å². The van der Waals surface area contributed by atoms with Gasteiger partial charge >= 0.3 is 5.97 Å². The van der Waals surface area contributed by atoms with Crippen molar-refractivity contribution in [3.8, 4) is 11.5 Å². The number of ether oxygens (including phenoxy) is 3. The van der Waals surface area contributed by atoms with Crippen LogP contribution in [0, 0.1) is 6.92 Å².